The van der Waals surface area contributed by atoms with Gasteiger partial charge in [-0.15, -0.1) is 11.3 Å². The van der Waals surface area contributed by atoms with E-state index in [1.54, 1.807) is 0 Å². The molecule has 156 valence electrons. The van der Waals surface area contributed by atoms with E-state index in [4.69, 9.17) is 4.98 Å². The Morgan fingerprint density at radius 1 is 0.903 bits per heavy atom. The maximum Gasteiger partial charge on any atom is 0.227 e. The highest BCUT2D eigenvalue weighted by Gasteiger charge is 2.19. The standard InChI is InChI=1S/C27H26N2OS/c1-18-14-19(2)26(20(3)15-18)24-17-31-27(28-24)29-25(30)16-23(21-10-6-4-7-11-21)22-12-8-5-9-13-22/h4-15,17,23H,16H2,1-3H3,(H,28,29,30). The summed E-state index contributed by atoms with van der Waals surface area (Å²) in [6.07, 6.45) is 0.367. The van der Waals surface area contributed by atoms with E-state index in [0.29, 0.717) is 11.6 Å². The van der Waals surface area contributed by atoms with Gasteiger partial charge in [0.05, 0.1) is 5.69 Å². The molecular weight excluding hydrogens is 400 g/mol. The number of carbonyl (C=O) groups excluding carboxylic acids is 1. The first-order valence-electron chi connectivity index (χ1n) is 10.4. The van der Waals surface area contributed by atoms with Gasteiger partial charge < -0.3 is 5.32 Å². The van der Waals surface area contributed by atoms with Crippen LogP contribution in [0.5, 0.6) is 0 Å². The molecule has 0 atom stereocenters. The van der Waals surface area contributed by atoms with Crippen molar-refractivity contribution < 1.29 is 4.79 Å². The minimum atomic E-state index is -0.0315. The quantitative estimate of drug-likeness (QED) is 0.364. The van der Waals surface area contributed by atoms with Crippen LogP contribution in [0, 0.1) is 20.8 Å². The Labute approximate surface area is 187 Å². The predicted molar refractivity (Wildman–Crippen MR) is 130 cm³/mol. The minimum Gasteiger partial charge on any atom is -0.302 e. The van der Waals surface area contributed by atoms with Crippen molar-refractivity contribution in [3.8, 4) is 11.3 Å². The van der Waals surface area contributed by atoms with Gasteiger partial charge in [0.25, 0.3) is 0 Å². The normalized spacial score (nSPS) is 11.0. The first-order valence-corrected chi connectivity index (χ1v) is 11.3. The van der Waals surface area contributed by atoms with Gasteiger partial charge in [-0.2, -0.15) is 0 Å². The fourth-order valence-corrected chi connectivity index (χ4v) is 4.90. The largest absolute Gasteiger partial charge is 0.302 e. The summed E-state index contributed by atoms with van der Waals surface area (Å²) in [6.45, 7) is 6.32. The van der Waals surface area contributed by atoms with Crippen LogP contribution >= 0.6 is 11.3 Å². The third-order valence-corrected chi connectivity index (χ3v) is 6.23. The Bertz CT molecular complexity index is 1120. The molecule has 1 N–H and O–H groups in total. The zero-order valence-corrected chi connectivity index (χ0v) is 18.9. The second kappa shape index (κ2) is 9.27. The van der Waals surface area contributed by atoms with Crippen LogP contribution in [0.1, 0.15) is 40.2 Å². The summed E-state index contributed by atoms with van der Waals surface area (Å²) in [4.78, 5) is 17.7. The van der Waals surface area contributed by atoms with E-state index < -0.39 is 0 Å². The van der Waals surface area contributed by atoms with E-state index in [9.17, 15) is 4.79 Å². The predicted octanol–water partition coefficient (Wildman–Crippen LogP) is 6.90. The Kier molecular flexibility index (Phi) is 6.28. The first kappa shape index (κ1) is 21.0. The number of carbonyl (C=O) groups is 1. The van der Waals surface area contributed by atoms with Crippen molar-refractivity contribution in [3.63, 3.8) is 0 Å². The van der Waals surface area contributed by atoms with Gasteiger partial charge >= 0.3 is 0 Å². The molecule has 0 spiro atoms. The van der Waals surface area contributed by atoms with Gasteiger partial charge in [0.2, 0.25) is 5.91 Å². The summed E-state index contributed by atoms with van der Waals surface area (Å²) in [5.74, 6) is -0.0284. The zero-order chi connectivity index (χ0) is 21.8. The fraction of sp³-hybridized carbons (Fsp3) is 0.185. The van der Waals surface area contributed by atoms with Crippen molar-refractivity contribution >= 4 is 22.4 Å². The third-order valence-electron chi connectivity index (χ3n) is 5.48. The molecule has 0 radical (unpaired) electrons. The van der Waals surface area contributed by atoms with E-state index in [1.807, 2.05) is 41.8 Å². The summed E-state index contributed by atoms with van der Waals surface area (Å²) in [7, 11) is 0. The molecule has 4 aromatic rings. The minimum absolute atomic E-state index is 0.00317. The van der Waals surface area contributed by atoms with Gasteiger partial charge in [0.1, 0.15) is 0 Å². The Hall–Kier alpha value is -3.24. The average Bonchev–Trinajstić information content (AvgIpc) is 3.20. The summed E-state index contributed by atoms with van der Waals surface area (Å²) >= 11 is 1.47. The highest BCUT2D eigenvalue weighted by molar-refractivity contribution is 7.14. The van der Waals surface area contributed by atoms with Crippen LogP contribution < -0.4 is 5.32 Å². The van der Waals surface area contributed by atoms with Crippen molar-refractivity contribution in [1.82, 2.24) is 4.98 Å². The van der Waals surface area contributed by atoms with Crippen molar-refractivity contribution in [3.05, 3.63) is 106 Å². The van der Waals surface area contributed by atoms with Crippen molar-refractivity contribution in [2.45, 2.75) is 33.1 Å². The van der Waals surface area contributed by atoms with Crippen molar-refractivity contribution in [1.29, 1.82) is 0 Å². The van der Waals surface area contributed by atoms with Crippen molar-refractivity contribution in [2.24, 2.45) is 0 Å². The number of benzene rings is 3. The van der Waals surface area contributed by atoms with Gasteiger partial charge in [-0.1, -0.05) is 78.4 Å². The first-order chi connectivity index (χ1) is 15.0. The van der Waals surface area contributed by atoms with Gasteiger partial charge in [-0.05, 0) is 43.0 Å². The lowest BCUT2D eigenvalue weighted by atomic mass is 9.88. The summed E-state index contributed by atoms with van der Waals surface area (Å²) in [5, 5.41) is 5.68. The van der Waals surface area contributed by atoms with Gasteiger partial charge in [-0.3, -0.25) is 4.79 Å². The maximum absolute atomic E-state index is 12.9. The van der Waals surface area contributed by atoms with Crippen LogP contribution in [0.3, 0.4) is 0 Å². The van der Waals surface area contributed by atoms with Gasteiger partial charge in [0, 0.05) is 23.3 Å². The van der Waals surface area contributed by atoms with E-state index in [2.05, 4.69) is 62.5 Å². The Morgan fingerprint density at radius 2 is 1.45 bits per heavy atom. The van der Waals surface area contributed by atoms with E-state index >= 15 is 0 Å². The molecule has 3 aromatic carbocycles. The van der Waals surface area contributed by atoms with Gasteiger partial charge in [-0.25, -0.2) is 4.98 Å². The number of anilines is 1. The number of amides is 1. The van der Waals surface area contributed by atoms with Crippen LogP contribution in [0.15, 0.2) is 78.2 Å². The van der Waals surface area contributed by atoms with E-state index in [-0.39, 0.29) is 11.8 Å². The molecule has 0 fully saturated rings. The molecule has 0 saturated carbocycles. The van der Waals surface area contributed by atoms with E-state index in [0.717, 1.165) is 22.4 Å². The summed E-state index contributed by atoms with van der Waals surface area (Å²) in [5.41, 5.74) is 7.98. The molecule has 1 aromatic heterocycles. The smallest absolute Gasteiger partial charge is 0.227 e. The number of hydrogen-bond donors (Lipinski definition) is 1. The molecule has 0 aliphatic heterocycles. The summed E-state index contributed by atoms with van der Waals surface area (Å²) in [6, 6.07) is 24.7. The van der Waals surface area contributed by atoms with Crippen LogP contribution in [-0.2, 0) is 4.79 Å². The van der Waals surface area contributed by atoms with Crippen LogP contribution in [0.25, 0.3) is 11.3 Å². The molecule has 0 unspecified atom stereocenters. The molecule has 4 heteroatoms. The molecule has 31 heavy (non-hydrogen) atoms. The average molecular weight is 427 g/mol. The summed E-state index contributed by atoms with van der Waals surface area (Å²) < 4.78 is 0. The molecule has 0 aliphatic rings. The second-order valence-electron chi connectivity index (χ2n) is 7.94. The highest BCUT2D eigenvalue weighted by Crippen LogP contribution is 2.32. The number of aromatic nitrogens is 1. The molecule has 0 saturated heterocycles. The van der Waals surface area contributed by atoms with Crippen LogP contribution in [-0.4, -0.2) is 10.9 Å². The molecule has 1 amide bonds. The molecule has 3 nitrogen and oxygen atoms in total. The zero-order valence-electron chi connectivity index (χ0n) is 18.1. The van der Waals surface area contributed by atoms with Crippen LogP contribution in [0.2, 0.25) is 0 Å². The highest BCUT2D eigenvalue weighted by atomic mass is 32.1. The van der Waals surface area contributed by atoms with E-state index in [1.165, 1.54) is 28.0 Å². The number of nitrogens with one attached hydrogen (secondary N) is 1. The molecule has 4 rings (SSSR count). The topological polar surface area (TPSA) is 42.0 Å². The second-order valence-corrected chi connectivity index (χ2v) is 8.80. The number of hydrogen-bond acceptors (Lipinski definition) is 3. The SMILES string of the molecule is Cc1cc(C)c(-c2csc(NC(=O)CC(c3ccccc3)c3ccccc3)n2)c(C)c1. The van der Waals surface area contributed by atoms with Crippen LogP contribution in [0.4, 0.5) is 5.13 Å². The lowest BCUT2D eigenvalue weighted by Gasteiger charge is -2.17. The monoisotopic (exact) mass is 426 g/mol. The maximum atomic E-state index is 12.9. The fourth-order valence-electron chi connectivity index (χ4n) is 4.18. The number of nitrogens with zero attached hydrogens (tertiary/aromatic N) is 1. The number of thiazole rings is 1. The number of aryl methyl sites for hydroxylation is 3. The van der Waals surface area contributed by atoms with Gasteiger partial charge in [0.15, 0.2) is 5.13 Å². The third kappa shape index (κ3) is 4.92. The Morgan fingerprint density at radius 3 is 2.00 bits per heavy atom. The lowest BCUT2D eigenvalue weighted by Crippen LogP contribution is -2.16. The molecular formula is C27H26N2OS. The molecule has 0 aliphatic carbocycles. The Balaban J connectivity index is 1.53. The molecule has 1 heterocycles. The van der Waals surface area contributed by atoms with Crippen molar-refractivity contribution in [2.75, 3.05) is 5.32 Å². The lowest BCUT2D eigenvalue weighted by molar-refractivity contribution is -0.116. The molecule has 0 bridgehead atoms. The number of rotatable bonds is 6.